The van der Waals surface area contributed by atoms with E-state index in [-0.39, 0.29) is 16.9 Å². The van der Waals surface area contributed by atoms with Gasteiger partial charge >= 0.3 is 0 Å². The summed E-state index contributed by atoms with van der Waals surface area (Å²) >= 11 is 0. The summed E-state index contributed by atoms with van der Waals surface area (Å²) < 4.78 is 26.9. The van der Waals surface area contributed by atoms with Crippen molar-refractivity contribution in [2.45, 2.75) is 6.92 Å². The summed E-state index contributed by atoms with van der Waals surface area (Å²) in [6.07, 6.45) is 0. The first-order valence-corrected chi connectivity index (χ1v) is 6.10. The van der Waals surface area contributed by atoms with Crippen LogP contribution in [0.25, 0.3) is 0 Å². The molecule has 6 heteroatoms. The third-order valence-electron chi connectivity index (χ3n) is 2.65. The summed E-state index contributed by atoms with van der Waals surface area (Å²) in [4.78, 5) is 22.9. The van der Waals surface area contributed by atoms with Crippen molar-refractivity contribution in [1.29, 1.82) is 0 Å². The number of rotatable bonds is 3. The van der Waals surface area contributed by atoms with Crippen molar-refractivity contribution in [3.8, 4) is 0 Å². The average molecular weight is 290 g/mol. The molecule has 0 saturated heterocycles. The highest BCUT2D eigenvalue weighted by molar-refractivity contribution is 6.04. The van der Waals surface area contributed by atoms with E-state index in [2.05, 4.69) is 10.6 Å². The number of benzene rings is 2. The summed E-state index contributed by atoms with van der Waals surface area (Å²) in [5.41, 5.74) is 0.0603. The average Bonchev–Trinajstić information content (AvgIpc) is 2.42. The first kappa shape index (κ1) is 14.6. The smallest absolute Gasteiger partial charge is 0.258 e. The largest absolute Gasteiger partial charge is 0.324 e. The van der Waals surface area contributed by atoms with Gasteiger partial charge in [0, 0.05) is 12.6 Å². The molecule has 21 heavy (non-hydrogen) atoms. The van der Waals surface area contributed by atoms with Gasteiger partial charge in [0.1, 0.15) is 11.6 Å². The molecular formula is C15H12F2N2O2. The van der Waals surface area contributed by atoms with Crippen LogP contribution in [0.5, 0.6) is 0 Å². The van der Waals surface area contributed by atoms with E-state index < -0.39 is 23.4 Å². The molecule has 0 aromatic heterocycles. The SMILES string of the molecule is CC(=O)Nc1cc(NC(=O)c2ccccc2F)ccc1F. The summed E-state index contributed by atoms with van der Waals surface area (Å²) in [6, 6.07) is 9.19. The number of nitrogens with one attached hydrogen (secondary N) is 2. The number of hydrogen-bond acceptors (Lipinski definition) is 2. The Hall–Kier alpha value is -2.76. The van der Waals surface area contributed by atoms with Crippen LogP contribution >= 0.6 is 0 Å². The molecule has 4 nitrogen and oxygen atoms in total. The Bertz CT molecular complexity index is 702. The Morgan fingerprint density at radius 3 is 2.33 bits per heavy atom. The third-order valence-corrected chi connectivity index (χ3v) is 2.65. The lowest BCUT2D eigenvalue weighted by molar-refractivity contribution is -0.114. The molecule has 0 aliphatic rings. The second kappa shape index (κ2) is 6.13. The van der Waals surface area contributed by atoms with E-state index in [9.17, 15) is 18.4 Å². The lowest BCUT2D eigenvalue weighted by atomic mass is 10.2. The van der Waals surface area contributed by atoms with E-state index in [0.717, 1.165) is 6.07 Å². The molecular weight excluding hydrogens is 278 g/mol. The molecule has 0 aliphatic carbocycles. The Morgan fingerprint density at radius 1 is 0.952 bits per heavy atom. The van der Waals surface area contributed by atoms with Crippen LogP contribution in [0, 0.1) is 11.6 Å². The highest BCUT2D eigenvalue weighted by Crippen LogP contribution is 2.20. The van der Waals surface area contributed by atoms with Gasteiger partial charge in [0.05, 0.1) is 11.3 Å². The van der Waals surface area contributed by atoms with Crippen LogP contribution in [-0.4, -0.2) is 11.8 Å². The fourth-order valence-electron chi connectivity index (χ4n) is 1.73. The van der Waals surface area contributed by atoms with Crippen LogP contribution in [0.1, 0.15) is 17.3 Å². The van der Waals surface area contributed by atoms with E-state index in [4.69, 9.17) is 0 Å². The Balaban J connectivity index is 2.22. The number of anilines is 2. The minimum atomic E-state index is -0.659. The summed E-state index contributed by atoms with van der Waals surface area (Å²) in [5.74, 6) is -2.38. The molecule has 0 bridgehead atoms. The monoisotopic (exact) mass is 290 g/mol. The Labute approximate surface area is 119 Å². The topological polar surface area (TPSA) is 58.2 Å². The molecule has 2 N–H and O–H groups in total. The third kappa shape index (κ3) is 3.62. The predicted molar refractivity (Wildman–Crippen MR) is 75.1 cm³/mol. The fourth-order valence-corrected chi connectivity index (χ4v) is 1.73. The molecule has 2 rings (SSSR count). The zero-order chi connectivity index (χ0) is 15.4. The van der Waals surface area contributed by atoms with Crippen molar-refractivity contribution >= 4 is 23.2 Å². The van der Waals surface area contributed by atoms with E-state index in [1.54, 1.807) is 0 Å². The lowest BCUT2D eigenvalue weighted by Crippen LogP contribution is -2.14. The van der Waals surface area contributed by atoms with Crippen molar-refractivity contribution in [3.05, 3.63) is 59.7 Å². The predicted octanol–water partition coefficient (Wildman–Crippen LogP) is 3.18. The van der Waals surface area contributed by atoms with Crippen LogP contribution in [0.15, 0.2) is 42.5 Å². The van der Waals surface area contributed by atoms with Crippen LogP contribution < -0.4 is 10.6 Å². The number of amides is 2. The molecule has 108 valence electrons. The molecule has 0 fully saturated rings. The van der Waals surface area contributed by atoms with Crippen molar-refractivity contribution in [3.63, 3.8) is 0 Å². The van der Waals surface area contributed by atoms with Gasteiger partial charge in [-0.15, -0.1) is 0 Å². The van der Waals surface area contributed by atoms with Crippen LogP contribution in [-0.2, 0) is 4.79 Å². The van der Waals surface area contributed by atoms with Gasteiger partial charge in [-0.3, -0.25) is 9.59 Å². The summed E-state index contributed by atoms with van der Waals surface area (Å²) in [7, 11) is 0. The maximum Gasteiger partial charge on any atom is 0.258 e. The number of halogens is 2. The molecule has 0 saturated carbocycles. The lowest BCUT2D eigenvalue weighted by Gasteiger charge is -2.09. The molecule has 2 amide bonds. The van der Waals surface area contributed by atoms with Gasteiger partial charge in [-0.2, -0.15) is 0 Å². The number of carbonyl (C=O) groups excluding carboxylic acids is 2. The van der Waals surface area contributed by atoms with Crippen molar-refractivity contribution < 1.29 is 18.4 Å². The molecule has 0 atom stereocenters. The van der Waals surface area contributed by atoms with Crippen molar-refractivity contribution in [2.24, 2.45) is 0 Å². The fraction of sp³-hybridized carbons (Fsp3) is 0.0667. The summed E-state index contributed by atoms with van der Waals surface area (Å²) in [6.45, 7) is 1.24. The first-order chi connectivity index (χ1) is 9.97. The molecule has 0 spiro atoms. The number of carbonyl (C=O) groups is 2. The minimum Gasteiger partial charge on any atom is -0.324 e. The Kier molecular flexibility index (Phi) is 4.27. The van der Waals surface area contributed by atoms with Gasteiger partial charge in [-0.05, 0) is 30.3 Å². The summed E-state index contributed by atoms with van der Waals surface area (Å²) in [5, 5.41) is 4.74. The van der Waals surface area contributed by atoms with Crippen molar-refractivity contribution in [1.82, 2.24) is 0 Å². The van der Waals surface area contributed by atoms with Gasteiger partial charge in [-0.25, -0.2) is 8.78 Å². The maximum atomic E-state index is 13.5. The Morgan fingerprint density at radius 2 is 1.67 bits per heavy atom. The molecule has 0 radical (unpaired) electrons. The molecule has 0 heterocycles. The number of hydrogen-bond donors (Lipinski definition) is 2. The van der Waals surface area contributed by atoms with Gasteiger partial charge in [0.25, 0.3) is 5.91 Å². The highest BCUT2D eigenvalue weighted by atomic mass is 19.1. The van der Waals surface area contributed by atoms with Gasteiger partial charge in [-0.1, -0.05) is 12.1 Å². The molecule has 0 unspecified atom stereocenters. The quantitative estimate of drug-likeness (QED) is 0.912. The zero-order valence-electron chi connectivity index (χ0n) is 11.1. The molecule has 0 aliphatic heterocycles. The van der Waals surface area contributed by atoms with Crippen LogP contribution in [0.3, 0.4) is 0 Å². The second-order valence-corrected chi connectivity index (χ2v) is 4.31. The maximum absolute atomic E-state index is 13.5. The van der Waals surface area contributed by atoms with E-state index in [0.29, 0.717) is 0 Å². The highest BCUT2D eigenvalue weighted by Gasteiger charge is 2.12. The zero-order valence-corrected chi connectivity index (χ0v) is 11.1. The normalized spacial score (nSPS) is 10.0. The van der Waals surface area contributed by atoms with Gasteiger partial charge in [0.15, 0.2) is 0 Å². The van der Waals surface area contributed by atoms with E-state index in [1.807, 2.05) is 0 Å². The first-order valence-electron chi connectivity index (χ1n) is 6.10. The van der Waals surface area contributed by atoms with Gasteiger partial charge < -0.3 is 10.6 Å². The molecule has 2 aromatic rings. The van der Waals surface area contributed by atoms with Crippen molar-refractivity contribution in [2.75, 3.05) is 10.6 Å². The molecule has 2 aromatic carbocycles. The van der Waals surface area contributed by atoms with Crippen LogP contribution in [0.2, 0.25) is 0 Å². The van der Waals surface area contributed by atoms with Gasteiger partial charge in [0.2, 0.25) is 5.91 Å². The van der Waals surface area contributed by atoms with Crippen LogP contribution in [0.4, 0.5) is 20.2 Å². The second-order valence-electron chi connectivity index (χ2n) is 4.31. The minimum absolute atomic E-state index is 0.0613. The standard InChI is InChI=1S/C15H12F2N2O2/c1-9(20)18-14-8-10(6-7-13(14)17)19-15(21)11-4-2-3-5-12(11)16/h2-8H,1H3,(H,18,20)(H,19,21). The van der Waals surface area contributed by atoms with E-state index in [1.165, 1.54) is 43.3 Å². The van der Waals surface area contributed by atoms with E-state index >= 15 is 0 Å².